The van der Waals surface area contributed by atoms with Crippen molar-refractivity contribution in [3.8, 4) is 5.75 Å². The molecule has 1 heterocycles. The van der Waals surface area contributed by atoms with Gasteiger partial charge in [0.2, 0.25) is 0 Å². The molecule has 0 aliphatic rings. The molecule has 0 bridgehead atoms. The number of thiophene rings is 1. The van der Waals surface area contributed by atoms with Crippen LogP contribution < -0.4 is 14.8 Å². The van der Waals surface area contributed by atoms with Crippen molar-refractivity contribution < 1.29 is 17.9 Å². The Bertz CT molecular complexity index is 1090. The number of carbonyl (C=O) groups excluding carboxylic acids is 1. The number of rotatable bonds is 8. The molecular formula is C22H24N2O4S2. The Balaban J connectivity index is 1.67. The summed E-state index contributed by atoms with van der Waals surface area (Å²) in [6.07, 6.45) is 0.0949. The number of benzene rings is 2. The van der Waals surface area contributed by atoms with Gasteiger partial charge in [-0.3, -0.25) is 9.52 Å². The largest absolute Gasteiger partial charge is 0.491 e. The van der Waals surface area contributed by atoms with Crippen LogP contribution in [0.2, 0.25) is 0 Å². The van der Waals surface area contributed by atoms with Gasteiger partial charge in [0.1, 0.15) is 9.96 Å². The van der Waals surface area contributed by atoms with E-state index in [2.05, 4.69) is 10.0 Å². The van der Waals surface area contributed by atoms with Gasteiger partial charge in [-0.2, -0.15) is 0 Å². The van der Waals surface area contributed by atoms with E-state index < -0.39 is 10.0 Å². The minimum absolute atomic E-state index is 0.0949. The van der Waals surface area contributed by atoms with Crippen LogP contribution >= 0.6 is 11.3 Å². The van der Waals surface area contributed by atoms with E-state index in [0.717, 1.165) is 22.6 Å². The summed E-state index contributed by atoms with van der Waals surface area (Å²) in [7, 11) is -3.67. The molecule has 0 aliphatic carbocycles. The van der Waals surface area contributed by atoms with Crippen molar-refractivity contribution in [3.63, 3.8) is 0 Å². The van der Waals surface area contributed by atoms with Gasteiger partial charge in [-0.05, 0) is 68.1 Å². The fourth-order valence-corrected chi connectivity index (χ4v) is 4.86. The molecule has 2 aromatic carbocycles. The number of carbonyl (C=O) groups is 1. The number of hydrogen-bond acceptors (Lipinski definition) is 5. The smallest absolute Gasteiger partial charge is 0.271 e. The van der Waals surface area contributed by atoms with Gasteiger partial charge in [0, 0.05) is 11.3 Å². The second-order valence-corrected chi connectivity index (χ2v) is 9.91. The first-order chi connectivity index (χ1) is 14.2. The zero-order valence-electron chi connectivity index (χ0n) is 17.0. The first-order valence-corrected chi connectivity index (χ1v) is 11.8. The lowest BCUT2D eigenvalue weighted by Crippen LogP contribution is -2.26. The van der Waals surface area contributed by atoms with Gasteiger partial charge in [0.25, 0.3) is 15.9 Å². The van der Waals surface area contributed by atoms with E-state index in [0.29, 0.717) is 11.3 Å². The Morgan fingerprint density at radius 2 is 1.73 bits per heavy atom. The molecule has 0 aliphatic heterocycles. The van der Waals surface area contributed by atoms with E-state index in [1.807, 2.05) is 45.0 Å². The average molecular weight is 445 g/mol. The molecule has 0 spiro atoms. The summed E-state index contributed by atoms with van der Waals surface area (Å²) in [6.45, 7) is 5.82. The molecule has 0 radical (unpaired) electrons. The molecule has 1 unspecified atom stereocenters. The number of amides is 1. The summed E-state index contributed by atoms with van der Waals surface area (Å²) >= 11 is 1.13. The first kappa shape index (κ1) is 21.9. The number of hydrogen-bond donors (Lipinski definition) is 2. The normalized spacial score (nSPS) is 12.4. The third-order valence-corrected chi connectivity index (χ3v) is 7.02. The number of ether oxygens (including phenoxy) is 1. The molecule has 3 rings (SSSR count). The Kier molecular flexibility index (Phi) is 6.79. The summed E-state index contributed by atoms with van der Waals surface area (Å²) in [6, 6.07) is 17.0. The number of sulfonamides is 1. The second-order valence-electron chi connectivity index (χ2n) is 7.05. The van der Waals surface area contributed by atoms with Crippen molar-refractivity contribution in [1.82, 2.24) is 5.32 Å². The summed E-state index contributed by atoms with van der Waals surface area (Å²) in [5.74, 6) is 0.486. The predicted octanol–water partition coefficient (Wildman–Crippen LogP) is 4.83. The van der Waals surface area contributed by atoms with Crippen molar-refractivity contribution in [1.29, 1.82) is 0 Å². The van der Waals surface area contributed by atoms with Crippen molar-refractivity contribution in [2.75, 3.05) is 4.72 Å². The van der Waals surface area contributed by atoms with Crippen molar-refractivity contribution in [2.45, 2.75) is 37.1 Å². The summed E-state index contributed by atoms with van der Waals surface area (Å²) in [4.78, 5) is 12.7. The van der Waals surface area contributed by atoms with E-state index in [1.165, 1.54) is 12.1 Å². The standard InChI is InChI=1S/C22H24N2O4S2/c1-15(2)28-20-11-9-17(10-12-20)16(3)23-22(25)18-6-4-7-19(14-18)24-30(26,27)21-8-5-13-29-21/h4-16,24H,1-3H3,(H,23,25). The minimum Gasteiger partial charge on any atom is -0.491 e. The average Bonchev–Trinajstić information content (AvgIpc) is 3.24. The predicted molar refractivity (Wildman–Crippen MR) is 120 cm³/mol. The molecule has 2 N–H and O–H groups in total. The highest BCUT2D eigenvalue weighted by Crippen LogP contribution is 2.22. The highest BCUT2D eigenvalue weighted by Gasteiger charge is 2.17. The van der Waals surface area contributed by atoms with Crippen LogP contribution in [0.1, 0.15) is 42.7 Å². The Morgan fingerprint density at radius 1 is 1.00 bits per heavy atom. The fourth-order valence-electron chi connectivity index (χ4n) is 2.82. The molecule has 3 aromatic rings. The topological polar surface area (TPSA) is 84.5 Å². The van der Waals surface area contributed by atoms with Crippen LogP contribution in [0, 0.1) is 0 Å². The van der Waals surface area contributed by atoms with Gasteiger partial charge in [0.05, 0.1) is 12.1 Å². The monoisotopic (exact) mass is 444 g/mol. The van der Waals surface area contributed by atoms with E-state index in [9.17, 15) is 13.2 Å². The maximum absolute atomic E-state index is 12.7. The van der Waals surface area contributed by atoms with Gasteiger partial charge >= 0.3 is 0 Å². The Hall–Kier alpha value is -2.84. The third kappa shape index (κ3) is 5.61. The first-order valence-electron chi connectivity index (χ1n) is 9.48. The highest BCUT2D eigenvalue weighted by molar-refractivity contribution is 7.94. The van der Waals surface area contributed by atoms with Crippen LogP contribution in [0.25, 0.3) is 0 Å². The maximum Gasteiger partial charge on any atom is 0.271 e. The zero-order chi connectivity index (χ0) is 21.7. The summed E-state index contributed by atoms with van der Waals surface area (Å²) in [5.41, 5.74) is 1.64. The second kappa shape index (κ2) is 9.32. The lowest BCUT2D eigenvalue weighted by molar-refractivity contribution is 0.0940. The zero-order valence-corrected chi connectivity index (χ0v) is 18.6. The van der Waals surface area contributed by atoms with Gasteiger partial charge in [-0.15, -0.1) is 11.3 Å². The highest BCUT2D eigenvalue weighted by atomic mass is 32.2. The lowest BCUT2D eigenvalue weighted by atomic mass is 10.1. The summed E-state index contributed by atoms with van der Waals surface area (Å²) in [5, 5.41) is 4.63. The molecule has 1 atom stereocenters. The van der Waals surface area contributed by atoms with E-state index in [-0.39, 0.29) is 22.3 Å². The SMILES string of the molecule is CC(C)Oc1ccc(C(C)NC(=O)c2cccc(NS(=O)(=O)c3cccs3)c2)cc1. The van der Waals surface area contributed by atoms with Crippen molar-refractivity contribution in [3.05, 3.63) is 77.2 Å². The molecule has 1 aromatic heterocycles. The quantitative estimate of drug-likeness (QED) is 0.521. The molecule has 0 fully saturated rings. The van der Waals surface area contributed by atoms with E-state index in [4.69, 9.17) is 4.74 Å². The van der Waals surface area contributed by atoms with Gasteiger partial charge in [-0.25, -0.2) is 8.42 Å². The van der Waals surface area contributed by atoms with Crippen molar-refractivity contribution >= 4 is 33.0 Å². The van der Waals surface area contributed by atoms with Gasteiger partial charge < -0.3 is 10.1 Å². The number of anilines is 1. The Morgan fingerprint density at radius 3 is 2.37 bits per heavy atom. The lowest BCUT2D eigenvalue weighted by Gasteiger charge is -2.16. The van der Waals surface area contributed by atoms with Crippen LogP contribution in [-0.4, -0.2) is 20.4 Å². The molecule has 0 saturated heterocycles. The van der Waals surface area contributed by atoms with Crippen LogP contribution in [0.5, 0.6) is 5.75 Å². The van der Waals surface area contributed by atoms with Gasteiger partial charge in [-0.1, -0.05) is 24.3 Å². The van der Waals surface area contributed by atoms with Crippen LogP contribution in [0.3, 0.4) is 0 Å². The fraction of sp³-hybridized carbons (Fsp3) is 0.227. The van der Waals surface area contributed by atoms with Crippen LogP contribution in [0.4, 0.5) is 5.69 Å². The molecule has 8 heteroatoms. The molecular weight excluding hydrogens is 420 g/mol. The van der Waals surface area contributed by atoms with Crippen LogP contribution in [0.15, 0.2) is 70.3 Å². The molecule has 1 amide bonds. The van der Waals surface area contributed by atoms with Gasteiger partial charge in [0.15, 0.2) is 0 Å². The molecule has 30 heavy (non-hydrogen) atoms. The number of nitrogens with one attached hydrogen (secondary N) is 2. The molecule has 158 valence electrons. The molecule has 0 saturated carbocycles. The van der Waals surface area contributed by atoms with E-state index in [1.54, 1.807) is 29.6 Å². The minimum atomic E-state index is -3.67. The third-order valence-electron chi connectivity index (χ3n) is 4.24. The Labute approximate surface area is 181 Å². The van der Waals surface area contributed by atoms with E-state index >= 15 is 0 Å². The van der Waals surface area contributed by atoms with Crippen molar-refractivity contribution in [2.24, 2.45) is 0 Å². The summed E-state index contributed by atoms with van der Waals surface area (Å²) < 4.78 is 33.1. The maximum atomic E-state index is 12.7. The molecule has 6 nitrogen and oxygen atoms in total. The van der Waals surface area contributed by atoms with Crippen LogP contribution in [-0.2, 0) is 10.0 Å².